The van der Waals surface area contributed by atoms with Gasteiger partial charge in [0.25, 0.3) is 5.91 Å². The number of hydrogen-bond donors (Lipinski definition) is 2. The molecule has 3 N–H and O–H groups in total. The molecule has 1 amide bonds. The van der Waals surface area contributed by atoms with Crippen molar-refractivity contribution in [1.29, 1.82) is 0 Å². The van der Waals surface area contributed by atoms with Gasteiger partial charge in [-0.05, 0) is 31.9 Å². The number of carbonyl (C=O) groups excluding carboxylic acids is 1. The number of rotatable bonds is 3. The van der Waals surface area contributed by atoms with Crippen LogP contribution in [0, 0.1) is 6.92 Å². The van der Waals surface area contributed by atoms with Crippen LogP contribution in [0.1, 0.15) is 18.5 Å². The van der Waals surface area contributed by atoms with Gasteiger partial charge in [-0.25, -0.2) is 0 Å². The Kier molecular flexibility index (Phi) is 3.71. The summed E-state index contributed by atoms with van der Waals surface area (Å²) >= 11 is 0. The molecular formula is C12H17N3O2. The molecule has 0 aromatic carbocycles. The van der Waals surface area contributed by atoms with Crippen molar-refractivity contribution in [1.82, 2.24) is 4.98 Å². The zero-order chi connectivity index (χ0) is 12.3. The molecule has 0 saturated carbocycles. The molecule has 0 aliphatic carbocycles. The van der Waals surface area contributed by atoms with Crippen LogP contribution < -0.4 is 11.1 Å². The molecule has 1 fully saturated rings. The summed E-state index contributed by atoms with van der Waals surface area (Å²) in [5.41, 5.74) is 7.13. The lowest BCUT2D eigenvalue weighted by atomic mass is 10.2. The van der Waals surface area contributed by atoms with Crippen molar-refractivity contribution in [2.75, 3.05) is 11.9 Å². The molecule has 0 unspecified atom stereocenters. The van der Waals surface area contributed by atoms with E-state index in [4.69, 9.17) is 10.5 Å². The van der Waals surface area contributed by atoms with Gasteiger partial charge in [-0.3, -0.25) is 9.78 Å². The molecule has 0 bridgehead atoms. The number of carbonyl (C=O) groups is 1. The summed E-state index contributed by atoms with van der Waals surface area (Å²) in [5.74, 6) is -0.105. The first-order chi connectivity index (χ1) is 8.19. The Labute approximate surface area is 100 Å². The molecule has 0 radical (unpaired) electrons. The van der Waals surface area contributed by atoms with E-state index in [1.807, 2.05) is 13.0 Å². The zero-order valence-corrected chi connectivity index (χ0v) is 9.85. The molecule has 2 heterocycles. The fourth-order valence-corrected chi connectivity index (χ4v) is 1.92. The first kappa shape index (κ1) is 12.0. The molecule has 2 rings (SSSR count). The van der Waals surface area contributed by atoms with Crippen LogP contribution in [0.2, 0.25) is 0 Å². The summed E-state index contributed by atoms with van der Waals surface area (Å²) < 4.78 is 5.52. The van der Waals surface area contributed by atoms with Gasteiger partial charge in [0.05, 0.1) is 6.10 Å². The number of nitrogens with zero attached hydrogens (tertiary/aromatic N) is 1. The van der Waals surface area contributed by atoms with Crippen LogP contribution >= 0.6 is 0 Å². The number of anilines is 1. The third-order valence-electron chi connectivity index (χ3n) is 2.83. The summed E-state index contributed by atoms with van der Waals surface area (Å²) in [6.45, 7) is 2.35. The smallest absolute Gasteiger partial charge is 0.253 e. The normalized spacial score (nSPS) is 23.6. The van der Waals surface area contributed by atoms with Crippen LogP contribution in [-0.4, -0.2) is 29.6 Å². The number of aromatic nitrogens is 1. The third-order valence-corrected chi connectivity index (χ3v) is 2.83. The van der Waals surface area contributed by atoms with Crippen molar-refractivity contribution in [2.45, 2.75) is 32.0 Å². The minimum atomic E-state index is -0.378. The molecule has 1 aliphatic rings. The number of nitrogens with one attached hydrogen (secondary N) is 1. The highest BCUT2D eigenvalue weighted by molar-refractivity contribution is 5.94. The second-order valence-electron chi connectivity index (χ2n) is 4.23. The second kappa shape index (κ2) is 5.25. The fourth-order valence-electron chi connectivity index (χ4n) is 1.92. The van der Waals surface area contributed by atoms with Crippen LogP contribution in [0.5, 0.6) is 0 Å². The maximum Gasteiger partial charge on any atom is 0.253 e. The van der Waals surface area contributed by atoms with Gasteiger partial charge < -0.3 is 15.8 Å². The molecule has 17 heavy (non-hydrogen) atoms. The highest BCUT2D eigenvalue weighted by atomic mass is 16.5. The van der Waals surface area contributed by atoms with E-state index in [9.17, 15) is 4.79 Å². The monoisotopic (exact) mass is 235 g/mol. The van der Waals surface area contributed by atoms with E-state index in [0.29, 0.717) is 6.54 Å². The first-order valence-electron chi connectivity index (χ1n) is 5.78. The van der Waals surface area contributed by atoms with Crippen molar-refractivity contribution in [3.63, 3.8) is 0 Å². The van der Waals surface area contributed by atoms with Crippen LogP contribution in [0.4, 0.5) is 5.69 Å². The van der Waals surface area contributed by atoms with E-state index in [-0.39, 0.29) is 18.1 Å². The van der Waals surface area contributed by atoms with Crippen molar-refractivity contribution in [3.8, 4) is 0 Å². The summed E-state index contributed by atoms with van der Waals surface area (Å²) in [6, 6.07) is 3.59. The largest absolute Gasteiger partial charge is 0.364 e. The lowest BCUT2D eigenvalue weighted by Gasteiger charge is -2.12. The standard InChI is InChI=1S/C12H17N3O2/c1-8-6-9(4-5-14-8)15-12(16)11-3-2-10(7-13)17-11/h4-6,10-11H,2-3,7,13H2,1H3,(H,14,15,16)/t10-,11+/m1/s1. The zero-order valence-electron chi connectivity index (χ0n) is 9.85. The van der Waals surface area contributed by atoms with E-state index >= 15 is 0 Å². The average molecular weight is 235 g/mol. The Bertz CT molecular complexity index is 408. The molecule has 1 aromatic heterocycles. The quantitative estimate of drug-likeness (QED) is 0.813. The third kappa shape index (κ3) is 3.01. The number of hydrogen-bond acceptors (Lipinski definition) is 4. The maximum absolute atomic E-state index is 11.9. The molecule has 2 atom stereocenters. The Morgan fingerprint density at radius 2 is 2.47 bits per heavy atom. The Balaban J connectivity index is 1.93. The molecule has 92 valence electrons. The first-order valence-corrected chi connectivity index (χ1v) is 5.78. The van der Waals surface area contributed by atoms with Crippen molar-refractivity contribution >= 4 is 11.6 Å². The summed E-state index contributed by atoms with van der Waals surface area (Å²) in [5, 5.41) is 2.82. The molecule has 5 nitrogen and oxygen atoms in total. The van der Waals surface area contributed by atoms with E-state index in [0.717, 1.165) is 24.2 Å². The number of pyridine rings is 1. The molecule has 1 aromatic rings. The topological polar surface area (TPSA) is 77.2 Å². The van der Waals surface area contributed by atoms with Gasteiger partial charge in [-0.2, -0.15) is 0 Å². The van der Waals surface area contributed by atoms with Gasteiger partial charge in [0, 0.05) is 24.1 Å². The molecule has 0 spiro atoms. The number of nitrogens with two attached hydrogens (primary N) is 1. The molecule has 1 aliphatic heterocycles. The van der Waals surface area contributed by atoms with E-state index in [1.165, 1.54) is 0 Å². The van der Waals surface area contributed by atoms with Crippen LogP contribution in [0.15, 0.2) is 18.3 Å². The minimum Gasteiger partial charge on any atom is -0.364 e. The summed E-state index contributed by atoms with van der Waals surface area (Å²) in [4.78, 5) is 16.0. The van der Waals surface area contributed by atoms with Crippen LogP contribution in [-0.2, 0) is 9.53 Å². The van der Waals surface area contributed by atoms with Crippen molar-refractivity contribution in [3.05, 3.63) is 24.0 Å². The highest BCUT2D eigenvalue weighted by Gasteiger charge is 2.29. The number of aryl methyl sites for hydroxylation is 1. The lowest BCUT2D eigenvalue weighted by Crippen LogP contribution is -2.29. The number of amides is 1. The Morgan fingerprint density at radius 1 is 1.65 bits per heavy atom. The molecule has 1 saturated heterocycles. The Hall–Kier alpha value is -1.46. The van der Waals surface area contributed by atoms with Gasteiger partial charge in [0.2, 0.25) is 0 Å². The van der Waals surface area contributed by atoms with Gasteiger partial charge in [0.1, 0.15) is 6.10 Å². The second-order valence-corrected chi connectivity index (χ2v) is 4.23. The number of ether oxygens (including phenoxy) is 1. The van der Waals surface area contributed by atoms with E-state index < -0.39 is 0 Å². The highest BCUT2D eigenvalue weighted by Crippen LogP contribution is 2.20. The predicted octanol–water partition coefficient (Wildman–Crippen LogP) is 0.835. The minimum absolute atomic E-state index is 0.0185. The van der Waals surface area contributed by atoms with Gasteiger partial charge >= 0.3 is 0 Å². The Morgan fingerprint density at radius 3 is 3.12 bits per heavy atom. The van der Waals surface area contributed by atoms with Gasteiger partial charge in [-0.15, -0.1) is 0 Å². The fraction of sp³-hybridized carbons (Fsp3) is 0.500. The van der Waals surface area contributed by atoms with Crippen molar-refractivity contribution in [2.24, 2.45) is 5.73 Å². The van der Waals surface area contributed by atoms with E-state index in [1.54, 1.807) is 12.3 Å². The van der Waals surface area contributed by atoms with Gasteiger partial charge in [0.15, 0.2) is 0 Å². The maximum atomic E-state index is 11.9. The van der Waals surface area contributed by atoms with E-state index in [2.05, 4.69) is 10.3 Å². The molecular weight excluding hydrogens is 218 g/mol. The van der Waals surface area contributed by atoms with Gasteiger partial charge in [-0.1, -0.05) is 0 Å². The predicted molar refractivity (Wildman–Crippen MR) is 64.6 cm³/mol. The summed E-state index contributed by atoms with van der Waals surface area (Å²) in [6.07, 6.45) is 2.90. The van der Waals surface area contributed by atoms with Crippen LogP contribution in [0.25, 0.3) is 0 Å². The lowest BCUT2D eigenvalue weighted by molar-refractivity contribution is -0.126. The summed E-state index contributed by atoms with van der Waals surface area (Å²) in [7, 11) is 0. The SMILES string of the molecule is Cc1cc(NC(=O)[C@@H]2CC[C@H](CN)O2)ccn1. The average Bonchev–Trinajstić information content (AvgIpc) is 2.77. The van der Waals surface area contributed by atoms with Crippen LogP contribution in [0.3, 0.4) is 0 Å². The molecule has 5 heteroatoms. The van der Waals surface area contributed by atoms with Crippen molar-refractivity contribution < 1.29 is 9.53 Å².